The molecule has 2 aromatic rings. The van der Waals surface area contributed by atoms with Crippen LogP contribution in [0.25, 0.3) is 0 Å². The summed E-state index contributed by atoms with van der Waals surface area (Å²) >= 11 is 11.3. The number of aliphatic carboxylic acids is 1. The molecule has 0 unspecified atom stereocenters. The summed E-state index contributed by atoms with van der Waals surface area (Å²) in [6.07, 6.45) is -2.76. The van der Waals surface area contributed by atoms with Gasteiger partial charge in [0.2, 0.25) is 0 Å². The zero-order valence-corrected chi connectivity index (χ0v) is 16.6. The lowest BCUT2D eigenvalue weighted by Crippen LogP contribution is -2.13. The third kappa shape index (κ3) is 8.88. The predicted molar refractivity (Wildman–Crippen MR) is 104 cm³/mol. The number of carboxylic acids is 1. The highest BCUT2D eigenvalue weighted by molar-refractivity contribution is 6.30. The number of carboxylic acid groups (broad SMARTS) is 1. The van der Waals surface area contributed by atoms with Gasteiger partial charge in [0.05, 0.1) is 7.11 Å². The standard InChI is InChI=1S/C9H9ClO3.C8H7ClO3.C2H6/c1-13-9(12)8(11)6-3-2-4-7(10)5-6;9-6-3-1-2-5(4-6)7(10)8(11)12;1-2/h2-5,8,11H,1H3;1-4,7,10H,(H,11,12);1-2H3/t8-;7-;/m11./s1. The summed E-state index contributed by atoms with van der Waals surface area (Å²) in [5.41, 5.74) is 0.717. The summed E-state index contributed by atoms with van der Waals surface area (Å²) in [5.74, 6) is -1.97. The molecule has 2 rings (SSSR count). The van der Waals surface area contributed by atoms with E-state index in [-0.39, 0.29) is 5.56 Å². The molecule has 0 aliphatic carbocycles. The van der Waals surface area contributed by atoms with Gasteiger partial charge in [-0.3, -0.25) is 0 Å². The number of aliphatic hydroxyl groups is 2. The molecule has 3 N–H and O–H groups in total. The van der Waals surface area contributed by atoms with Crippen LogP contribution in [0.2, 0.25) is 10.0 Å². The maximum atomic E-state index is 10.9. The molecule has 0 spiro atoms. The lowest BCUT2D eigenvalue weighted by Gasteiger charge is -2.07. The van der Waals surface area contributed by atoms with E-state index in [1.165, 1.54) is 25.3 Å². The molecule has 0 saturated carbocycles. The van der Waals surface area contributed by atoms with Crippen LogP contribution in [-0.2, 0) is 14.3 Å². The predicted octanol–water partition coefficient (Wildman–Crippen LogP) is 4.03. The fourth-order valence-corrected chi connectivity index (χ4v) is 2.14. The lowest BCUT2D eigenvalue weighted by atomic mass is 10.1. The van der Waals surface area contributed by atoms with Crippen molar-refractivity contribution in [3.8, 4) is 0 Å². The minimum atomic E-state index is -1.50. The van der Waals surface area contributed by atoms with Gasteiger partial charge in [0.15, 0.2) is 12.2 Å². The topological polar surface area (TPSA) is 104 Å². The van der Waals surface area contributed by atoms with Gasteiger partial charge in [0, 0.05) is 10.0 Å². The van der Waals surface area contributed by atoms with E-state index in [9.17, 15) is 14.7 Å². The van der Waals surface area contributed by atoms with Gasteiger partial charge in [-0.25, -0.2) is 9.59 Å². The summed E-state index contributed by atoms with van der Waals surface area (Å²) in [6.45, 7) is 4.00. The first kappa shape index (κ1) is 24.9. The zero-order chi connectivity index (χ0) is 21.0. The Bertz CT molecular complexity index is 736. The van der Waals surface area contributed by atoms with Crippen molar-refractivity contribution in [2.24, 2.45) is 0 Å². The van der Waals surface area contributed by atoms with Crippen molar-refractivity contribution in [1.29, 1.82) is 0 Å². The van der Waals surface area contributed by atoms with Crippen LogP contribution in [0.1, 0.15) is 37.2 Å². The second-order valence-electron chi connectivity index (χ2n) is 4.78. The third-order valence-corrected chi connectivity index (χ3v) is 3.46. The normalized spacial score (nSPS) is 11.7. The van der Waals surface area contributed by atoms with Crippen LogP contribution in [0.15, 0.2) is 48.5 Å². The Hall–Kier alpha value is -2.12. The van der Waals surface area contributed by atoms with Gasteiger partial charge < -0.3 is 20.1 Å². The number of carbonyl (C=O) groups is 2. The Kier molecular flexibility index (Phi) is 12.1. The molecule has 0 fully saturated rings. The molecule has 2 aromatic carbocycles. The highest BCUT2D eigenvalue weighted by Gasteiger charge is 2.17. The third-order valence-electron chi connectivity index (χ3n) is 2.99. The fourth-order valence-electron chi connectivity index (χ4n) is 1.74. The van der Waals surface area contributed by atoms with Crippen molar-refractivity contribution in [2.45, 2.75) is 26.1 Å². The van der Waals surface area contributed by atoms with Crippen molar-refractivity contribution >= 4 is 35.1 Å². The van der Waals surface area contributed by atoms with E-state index in [2.05, 4.69) is 4.74 Å². The molecular weight excluding hydrogens is 395 g/mol. The fraction of sp³-hybridized carbons (Fsp3) is 0.263. The Morgan fingerprint density at radius 1 is 0.889 bits per heavy atom. The van der Waals surface area contributed by atoms with E-state index in [4.69, 9.17) is 33.4 Å². The van der Waals surface area contributed by atoms with Gasteiger partial charge in [0.25, 0.3) is 0 Å². The molecule has 0 heterocycles. The number of ether oxygens (including phenoxy) is 1. The lowest BCUT2D eigenvalue weighted by molar-refractivity contribution is -0.150. The first-order chi connectivity index (χ1) is 12.8. The van der Waals surface area contributed by atoms with Gasteiger partial charge in [-0.05, 0) is 35.4 Å². The van der Waals surface area contributed by atoms with Gasteiger partial charge in [-0.15, -0.1) is 0 Å². The first-order valence-electron chi connectivity index (χ1n) is 7.94. The second kappa shape index (κ2) is 13.1. The first-order valence-corrected chi connectivity index (χ1v) is 8.69. The van der Waals surface area contributed by atoms with Crippen molar-refractivity contribution < 1.29 is 29.6 Å². The molecule has 2 atom stereocenters. The summed E-state index contributed by atoms with van der Waals surface area (Å²) in [4.78, 5) is 21.2. The molecule has 0 saturated heterocycles. The molecule has 0 bridgehead atoms. The molecule has 0 radical (unpaired) electrons. The number of hydrogen-bond donors (Lipinski definition) is 3. The van der Waals surface area contributed by atoms with Crippen molar-refractivity contribution in [3.63, 3.8) is 0 Å². The molecule has 27 heavy (non-hydrogen) atoms. The van der Waals surface area contributed by atoms with E-state index >= 15 is 0 Å². The largest absolute Gasteiger partial charge is 0.479 e. The van der Waals surface area contributed by atoms with Crippen LogP contribution in [0.4, 0.5) is 0 Å². The highest BCUT2D eigenvalue weighted by atomic mass is 35.5. The van der Waals surface area contributed by atoms with E-state index in [1.807, 2.05) is 13.8 Å². The Morgan fingerprint density at radius 2 is 1.30 bits per heavy atom. The zero-order valence-electron chi connectivity index (χ0n) is 15.1. The number of rotatable bonds is 4. The van der Waals surface area contributed by atoms with Gasteiger partial charge >= 0.3 is 11.9 Å². The van der Waals surface area contributed by atoms with Crippen LogP contribution in [0.5, 0.6) is 0 Å². The quantitative estimate of drug-likeness (QED) is 0.649. The maximum absolute atomic E-state index is 10.9. The number of carbonyl (C=O) groups excluding carboxylic acids is 1. The number of methoxy groups -OCH3 is 1. The molecule has 6 nitrogen and oxygen atoms in total. The number of hydrogen-bond acceptors (Lipinski definition) is 5. The van der Waals surface area contributed by atoms with E-state index in [0.717, 1.165) is 0 Å². The Morgan fingerprint density at radius 3 is 1.63 bits per heavy atom. The molecule has 0 aliphatic rings. The highest BCUT2D eigenvalue weighted by Crippen LogP contribution is 2.18. The van der Waals surface area contributed by atoms with Crippen LogP contribution < -0.4 is 0 Å². The summed E-state index contributed by atoms with van der Waals surface area (Å²) in [6, 6.07) is 12.6. The van der Waals surface area contributed by atoms with Crippen LogP contribution in [0, 0.1) is 0 Å². The van der Waals surface area contributed by atoms with E-state index in [0.29, 0.717) is 15.6 Å². The Balaban J connectivity index is 0.000000460. The van der Waals surface area contributed by atoms with Gasteiger partial charge in [0.1, 0.15) is 0 Å². The van der Waals surface area contributed by atoms with Crippen LogP contribution in [-0.4, -0.2) is 34.4 Å². The minimum absolute atomic E-state index is 0.287. The second-order valence-corrected chi connectivity index (χ2v) is 5.65. The maximum Gasteiger partial charge on any atom is 0.339 e. The van der Waals surface area contributed by atoms with Crippen LogP contribution in [0.3, 0.4) is 0 Å². The molecule has 0 aromatic heterocycles. The number of halogens is 2. The van der Waals surface area contributed by atoms with Crippen molar-refractivity contribution in [3.05, 3.63) is 69.7 Å². The van der Waals surface area contributed by atoms with Crippen molar-refractivity contribution in [1.82, 2.24) is 0 Å². The molecule has 148 valence electrons. The minimum Gasteiger partial charge on any atom is -0.479 e. The summed E-state index contributed by atoms with van der Waals surface area (Å²) in [7, 11) is 1.22. The molecule has 0 amide bonds. The number of aliphatic hydroxyl groups excluding tert-OH is 2. The monoisotopic (exact) mass is 416 g/mol. The number of esters is 1. The van der Waals surface area contributed by atoms with Gasteiger partial charge in [-0.1, -0.05) is 61.3 Å². The number of benzene rings is 2. The smallest absolute Gasteiger partial charge is 0.339 e. The van der Waals surface area contributed by atoms with Gasteiger partial charge in [-0.2, -0.15) is 0 Å². The van der Waals surface area contributed by atoms with Crippen molar-refractivity contribution in [2.75, 3.05) is 7.11 Å². The summed E-state index contributed by atoms with van der Waals surface area (Å²) < 4.78 is 4.37. The van der Waals surface area contributed by atoms with Crippen LogP contribution >= 0.6 is 23.2 Å². The average molecular weight is 417 g/mol. The van der Waals surface area contributed by atoms with E-state index < -0.39 is 24.1 Å². The summed E-state index contributed by atoms with van der Waals surface area (Å²) in [5, 5.41) is 27.8. The molecule has 8 heteroatoms. The molecular formula is C19H22Cl2O6. The van der Waals surface area contributed by atoms with E-state index in [1.54, 1.807) is 30.3 Å². The average Bonchev–Trinajstić information content (AvgIpc) is 2.68. The Labute approximate surface area is 167 Å². The SMILES string of the molecule is CC.COC(=O)[C@H](O)c1cccc(Cl)c1.O=C(O)[C@H](O)c1cccc(Cl)c1. The molecule has 0 aliphatic heterocycles.